The first-order valence-corrected chi connectivity index (χ1v) is 6.79. The lowest BCUT2D eigenvalue weighted by Gasteiger charge is -2.23. The lowest BCUT2D eigenvalue weighted by molar-refractivity contribution is -0.384. The summed E-state index contributed by atoms with van der Waals surface area (Å²) in [6, 6.07) is 1.54. The molecule has 1 aromatic carbocycles. The van der Waals surface area contributed by atoms with Gasteiger partial charge < -0.3 is 10.4 Å². The SMILES string of the molecule is CCC(CC)C(C)Nc1cc(F)c(C(=O)O)cc1[N+](=O)[O-]. The van der Waals surface area contributed by atoms with Crippen molar-refractivity contribution in [3.63, 3.8) is 0 Å². The predicted octanol–water partition coefficient (Wildman–Crippen LogP) is 3.67. The molecule has 0 amide bonds. The van der Waals surface area contributed by atoms with E-state index in [-0.39, 0.29) is 17.6 Å². The van der Waals surface area contributed by atoms with E-state index in [0.29, 0.717) is 0 Å². The van der Waals surface area contributed by atoms with Crippen LogP contribution in [0.5, 0.6) is 0 Å². The van der Waals surface area contributed by atoms with Crippen molar-refractivity contribution in [3.8, 4) is 0 Å². The van der Waals surface area contributed by atoms with E-state index in [4.69, 9.17) is 5.11 Å². The molecule has 0 radical (unpaired) electrons. The van der Waals surface area contributed by atoms with Gasteiger partial charge in [-0.1, -0.05) is 26.7 Å². The first-order chi connectivity index (χ1) is 9.81. The molecular formula is C14H19FN2O4. The van der Waals surface area contributed by atoms with Gasteiger partial charge in [-0.25, -0.2) is 9.18 Å². The van der Waals surface area contributed by atoms with Crippen molar-refractivity contribution in [2.75, 3.05) is 5.32 Å². The molecule has 21 heavy (non-hydrogen) atoms. The van der Waals surface area contributed by atoms with Crippen LogP contribution in [0.15, 0.2) is 12.1 Å². The van der Waals surface area contributed by atoms with Crippen molar-refractivity contribution in [2.45, 2.75) is 39.7 Å². The highest BCUT2D eigenvalue weighted by atomic mass is 19.1. The van der Waals surface area contributed by atoms with Gasteiger partial charge in [-0.05, 0) is 12.8 Å². The molecule has 116 valence electrons. The minimum absolute atomic E-state index is 0.00176. The third kappa shape index (κ3) is 3.90. The minimum atomic E-state index is -1.53. The molecular weight excluding hydrogens is 279 g/mol. The number of benzene rings is 1. The van der Waals surface area contributed by atoms with Crippen LogP contribution in [-0.4, -0.2) is 22.0 Å². The number of hydrogen-bond donors (Lipinski definition) is 2. The van der Waals surface area contributed by atoms with Crippen molar-refractivity contribution in [2.24, 2.45) is 5.92 Å². The monoisotopic (exact) mass is 298 g/mol. The van der Waals surface area contributed by atoms with Gasteiger partial charge in [0.1, 0.15) is 17.1 Å². The van der Waals surface area contributed by atoms with Crippen LogP contribution in [-0.2, 0) is 0 Å². The van der Waals surface area contributed by atoms with Crippen LogP contribution in [0.2, 0.25) is 0 Å². The summed E-state index contributed by atoms with van der Waals surface area (Å²) in [7, 11) is 0. The molecule has 0 heterocycles. The maximum atomic E-state index is 13.7. The Morgan fingerprint density at radius 2 is 2.00 bits per heavy atom. The Hall–Kier alpha value is -2.18. The second-order valence-corrected chi connectivity index (χ2v) is 4.92. The second kappa shape index (κ2) is 7.01. The molecule has 0 bridgehead atoms. The summed E-state index contributed by atoms with van der Waals surface area (Å²) < 4.78 is 13.7. The molecule has 1 unspecified atom stereocenters. The Bertz CT molecular complexity index is 544. The Balaban J connectivity index is 3.20. The number of nitro benzene ring substituents is 1. The van der Waals surface area contributed by atoms with Crippen LogP contribution >= 0.6 is 0 Å². The van der Waals surface area contributed by atoms with Gasteiger partial charge in [0.25, 0.3) is 5.69 Å². The molecule has 0 aliphatic heterocycles. The number of nitro groups is 1. The van der Waals surface area contributed by atoms with Gasteiger partial charge in [0.15, 0.2) is 0 Å². The zero-order valence-electron chi connectivity index (χ0n) is 12.2. The summed E-state index contributed by atoms with van der Waals surface area (Å²) in [6.07, 6.45) is 1.77. The number of nitrogens with one attached hydrogen (secondary N) is 1. The minimum Gasteiger partial charge on any atom is -0.478 e. The maximum absolute atomic E-state index is 13.7. The third-order valence-electron chi connectivity index (χ3n) is 3.65. The maximum Gasteiger partial charge on any atom is 0.338 e. The van der Waals surface area contributed by atoms with E-state index in [1.165, 1.54) is 0 Å². The lowest BCUT2D eigenvalue weighted by Crippen LogP contribution is -2.25. The van der Waals surface area contributed by atoms with Crippen molar-refractivity contribution in [1.82, 2.24) is 0 Å². The smallest absolute Gasteiger partial charge is 0.338 e. The molecule has 0 saturated heterocycles. The standard InChI is InChI=1S/C14H19FN2O4/c1-4-9(5-2)8(3)16-12-7-11(15)10(14(18)19)6-13(12)17(20)21/h6-9,16H,4-5H2,1-3H3,(H,18,19). The topological polar surface area (TPSA) is 92.5 Å². The molecule has 0 spiro atoms. The third-order valence-corrected chi connectivity index (χ3v) is 3.65. The van der Waals surface area contributed by atoms with Crippen molar-refractivity contribution in [1.29, 1.82) is 0 Å². The van der Waals surface area contributed by atoms with E-state index in [1.54, 1.807) is 0 Å². The van der Waals surface area contributed by atoms with Crippen LogP contribution in [0.25, 0.3) is 0 Å². The first-order valence-electron chi connectivity index (χ1n) is 6.79. The van der Waals surface area contributed by atoms with Gasteiger partial charge in [0.2, 0.25) is 0 Å². The lowest BCUT2D eigenvalue weighted by atomic mass is 9.95. The number of rotatable bonds is 7. The molecule has 2 N–H and O–H groups in total. The number of hydrogen-bond acceptors (Lipinski definition) is 4. The summed E-state index contributed by atoms with van der Waals surface area (Å²) in [5.74, 6) is -2.24. The number of aromatic carboxylic acids is 1. The summed E-state index contributed by atoms with van der Waals surface area (Å²) in [4.78, 5) is 21.2. The molecule has 1 rings (SSSR count). The van der Waals surface area contributed by atoms with Crippen LogP contribution in [0.1, 0.15) is 44.0 Å². The highest BCUT2D eigenvalue weighted by Crippen LogP contribution is 2.30. The normalized spacial score (nSPS) is 12.2. The van der Waals surface area contributed by atoms with Gasteiger partial charge in [-0.15, -0.1) is 0 Å². The molecule has 0 aromatic heterocycles. The van der Waals surface area contributed by atoms with Crippen LogP contribution < -0.4 is 5.32 Å². The molecule has 7 heteroatoms. The fraction of sp³-hybridized carbons (Fsp3) is 0.500. The van der Waals surface area contributed by atoms with Gasteiger partial charge in [-0.2, -0.15) is 0 Å². The van der Waals surface area contributed by atoms with Gasteiger partial charge in [0.05, 0.1) is 4.92 Å². The van der Waals surface area contributed by atoms with Crippen molar-refractivity contribution < 1.29 is 19.2 Å². The molecule has 0 aliphatic carbocycles. The number of carbonyl (C=O) groups is 1. The van der Waals surface area contributed by atoms with Gasteiger partial charge in [-0.3, -0.25) is 10.1 Å². The summed E-state index contributed by atoms with van der Waals surface area (Å²) in [6.45, 7) is 5.88. The summed E-state index contributed by atoms with van der Waals surface area (Å²) in [5, 5.41) is 22.8. The fourth-order valence-corrected chi connectivity index (χ4v) is 2.35. The molecule has 1 aromatic rings. The Morgan fingerprint density at radius 3 is 2.43 bits per heavy atom. The Morgan fingerprint density at radius 1 is 1.43 bits per heavy atom. The summed E-state index contributed by atoms with van der Waals surface area (Å²) >= 11 is 0. The quantitative estimate of drug-likeness (QED) is 0.592. The average molecular weight is 298 g/mol. The van der Waals surface area contributed by atoms with Gasteiger partial charge in [0, 0.05) is 18.2 Å². The van der Waals surface area contributed by atoms with Crippen molar-refractivity contribution in [3.05, 3.63) is 33.6 Å². The van der Waals surface area contributed by atoms with E-state index in [2.05, 4.69) is 5.32 Å². The zero-order chi connectivity index (χ0) is 16.2. The predicted molar refractivity (Wildman–Crippen MR) is 77.2 cm³/mol. The Labute approximate surface area is 122 Å². The second-order valence-electron chi connectivity index (χ2n) is 4.92. The first kappa shape index (κ1) is 16.9. The zero-order valence-corrected chi connectivity index (χ0v) is 12.2. The van der Waals surface area contributed by atoms with Crippen LogP contribution in [0.3, 0.4) is 0 Å². The number of carboxylic acids is 1. The van der Waals surface area contributed by atoms with E-state index in [1.807, 2.05) is 20.8 Å². The molecule has 0 aliphatic rings. The largest absolute Gasteiger partial charge is 0.478 e. The van der Waals surface area contributed by atoms with Gasteiger partial charge >= 0.3 is 5.97 Å². The van der Waals surface area contributed by atoms with E-state index in [9.17, 15) is 19.3 Å². The molecule has 0 fully saturated rings. The van der Waals surface area contributed by atoms with E-state index in [0.717, 1.165) is 25.0 Å². The Kier molecular flexibility index (Phi) is 5.63. The number of halogens is 1. The van der Waals surface area contributed by atoms with Crippen LogP contribution in [0, 0.1) is 21.8 Å². The van der Waals surface area contributed by atoms with Crippen molar-refractivity contribution >= 4 is 17.3 Å². The number of nitrogens with zero attached hydrogens (tertiary/aromatic N) is 1. The number of anilines is 1. The molecule has 6 nitrogen and oxygen atoms in total. The van der Waals surface area contributed by atoms with E-state index < -0.39 is 28.0 Å². The highest BCUT2D eigenvalue weighted by Gasteiger charge is 2.24. The highest BCUT2D eigenvalue weighted by molar-refractivity contribution is 5.90. The summed E-state index contributed by atoms with van der Waals surface area (Å²) in [5.41, 5.74) is -1.14. The van der Waals surface area contributed by atoms with E-state index >= 15 is 0 Å². The number of carboxylic acid groups (broad SMARTS) is 1. The fourth-order valence-electron chi connectivity index (χ4n) is 2.35. The average Bonchev–Trinajstić information content (AvgIpc) is 2.39. The molecule has 0 saturated carbocycles. The molecule has 1 atom stereocenters. The van der Waals surface area contributed by atoms with Crippen LogP contribution in [0.4, 0.5) is 15.8 Å².